The van der Waals surface area contributed by atoms with E-state index in [4.69, 9.17) is 0 Å². The number of rotatable bonds is 5. The van der Waals surface area contributed by atoms with Crippen LogP contribution in [0.2, 0.25) is 0 Å². The van der Waals surface area contributed by atoms with Crippen LogP contribution in [0.25, 0.3) is 0 Å². The predicted molar refractivity (Wildman–Crippen MR) is 64.7 cm³/mol. The number of hydrogen-bond acceptors (Lipinski definition) is 2. The van der Waals surface area contributed by atoms with Gasteiger partial charge in [0.15, 0.2) is 0 Å². The lowest BCUT2D eigenvalue weighted by Crippen LogP contribution is -2.36. The smallest absolute Gasteiger partial charge is 0.255 e. The quantitative estimate of drug-likeness (QED) is 0.783. The zero-order chi connectivity index (χ0) is 12.8. The Hall–Kier alpha value is -1.04. The molecule has 3 nitrogen and oxygen atoms in total. The Labute approximate surface area is 107 Å². The second kappa shape index (κ2) is 6.64. The van der Waals surface area contributed by atoms with Crippen LogP contribution in [0, 0.1) is 6.92 Å². The first kappa shape index (κ1) is 14.0. The minimum absolute atomic E-state index is 0.255. The monoisotopic (exact) mass is 306 g/mol. The maximum atomic E-state index is 12.3. The standard InChI is InChI=1S/C11H13BrF2N2O/c1-8-6-9(2-4-15-8)11(17)16(5-3-12)7-10(13)14/h2,4,6,10H,3,5,7H2,1H3. The van der Waals surface area contributed by atoms with E-state index in [1.807, 2.05) is 0 Å². The van der Waals surface area contributed by atoms with Gasteiger partial charge >= 0.3 is 0 Å². The summed E-state index contributed by atoms with van der Waals surface area (Å²) in [5.74, 6) is -0.393. The van der Waals surface area contributed by atoms with Crippen molar-refractivity contribution in [2.75, 3.05) is 18.4 Å². The summed E-state index contributed by atoms with van der Waals surface area (Å²) in [7, 11) is 0. The van der Waals surface area contributed by atoms with Gasteiger partial charge in [-0.1, -0.05) is 15.9 Å². The lowest BCUT2D eigenvalue weighted by atomic mass is 10.2. The fourth-order valence-electron chi connectivity index (χ4n) is 1.41. The number of aryl methyl sites for hydroxylation is 1. The van der Waals surface area contributed by atoms with Gasteiger partial charge in [0, 0.05) is 29.3 Å². The lowest BCUT2D eigenvalue weighted by molar-refractivity contribution is 0.0572. The molecule has 0 atom stereocenters. The Morgan fingerprint density at radius 3 is 2.82 bits per heavy atom. The number of amides is 1. The molecule has 0 bridgehead atoms. The summed E-state index contributed by atoms with van der Waals surface area (Å²) in [6, 6.07) is 3.12. The molecule has 0 aliphatic heterocycles. The molecule has 0 N–H and O–H groups in total. The first-order valence-corrected chi connectivity index (χ1v) is 6.22. The van der Waals surface area contributed by atoms with Gasteiger partial charge in [0.05, 0.1) is 6.54 Å². The van der Waals surface area contributed by atoms with E-state index in [1.165, 1.54) is 12.3 Å². The molecular weight excluding hydrogens is 294 g/mol. The topological polar surface area (TPSA) is 33.2 Å². The molecule has 0 aromatic carbocycles. The van der Waals surface area contributed by atoms with Gasteiger partial charge in [-0.3, -0.25) is 9.78 Å². The van der Waals surface area contributed by atoms with E-state index in [1.54, 1.807) is 13.0 Å². The van der Waals surface area contributed by atoms with Crippen molar-refractivity contribution >= 4 is 21.8 Å². The summed E-state index contributed by atoms with van der Waals surface area (Å²) < 4.78 is 24.7. The lowest BCUT2D eigenvalue weighted by Gasteiger charge is -2.21. The average Bonchev–Trinajstić information content (AvgIpc) is 2.27. The van der Waals surface area contributed by atoms with Crippen molar-refractivity contribution in [2.24, 2.45) is 0 Å². The van der Waals surface area contributed by atoms with Crippen LogP contribution in [0.15, 0.2) is 18.3 Å². The number of carbonyl (C=O) groups is 1. The number of halogens is 3. The number of alkyl halides is 3. The molecular formula is C11H13BrF2N2O. The highest BCUT2D eigenvalue weighted by Gasteiger charge is 2.19. The Kier molecular flexibility index (Phi) is 5.47. The van der Waals surface area contributed by atoms with Gasteiger partial charge in [-0.15, -0.1) is 0 Å². The van der Waals surface area contributed by atoms with E-state index < -0.39 is 18.9 Å². The summed E-state index contributed by atoms with van der Waals surface area (Å²) in [5.41, 5.74) is 1.07. The highest BCUT2D eigenvalue weighted by molar-refractivity contribution is 9.09. The third-order valence-electron chi connectivity index (χ3n) is 2.14. The summed E-state index contributed by atoms with van der Waals surface area (Å²) in [6.45, 7) is 1.45. The molecule has 0 spiro atoms. The van der Waals surface area contributed by atoms with Gasteiger partial charge in [0.25, 0.3) is 12.3 Å². The van der Waals surface area contributed by atoms with Crippen molar-refractivity contribution in [3.8, 4) is 0 Å². The van der Waals surface area contributed by atoms with Gasteiger partial charge < -0.3 is 4.90 Å². The number of nitrogens with zero attached hydrogens (tertiary/aromatic N) is 2. The van der Waals surface area contributed by atoms with E-state index in [0.29, 0.717) is 16.6 Å². The third kappa shape index (κ3) is 4.38. The predicted octanol–water partition coefficient (Wildman–Crippen LogP) is 2.49. The second-order valence-electron chi connectivity index (χ2n) is 3.52. The van der Waals surface area contributed by atoms with E-state index in [0.717, 1.165) is 4.90 Å². The number of aromatic nitrogens is 1. The average molecular weight is 307 g/mol. The van der Waals surface area contributed by atoms with Crippen molar-refractivity contribution in [2.45, 2.75) is 13.3 Å². The van der Waals surface area contributed by atoms with Crippen LogP contribution in [0.4, 0.5) is 8.78 Å². The van der Waals surface area contributed by atoms with Crippen LogP contribution in [0.1, 0.15) is 16.1 Å². The number of carbonyl (C=O) groups excluding carboxylic acids is 1. The molecule has 1 aromatic heterocycles. The molecule has 6 heteroatoms. The van der Waals surface area contributed by atoms with Crippen LogP contribution < -0.4 is 0 Å². The van der Waals surface area contributed by atoms with Gasteiger partial charge in [-0.05, 0) is 19.1 Å². The molecule has 17 heavy (non-hydrogen) atoms. The van der Waals surface area contributed by atoms with Gasteiger partial charge in [0.2, 0.25) is 0 Å². The first-order valence-electron chi connectivity index (χ1n) is 5.10. The molecule has 94 valence electrons. The van der Waals surface area contributed by atoms with Crippen LogP contribution in [-0.2, 0) is 0 Å². The Morgan fingerprint density at radius 2 is 2.29 bits per heavy atom. The van der Waals surface area contributed by atoms with Crippen LogP contribution in [-0.4, -0.2) is 40.6 Å². The SMILES string of the molecule is Cc1cc(C(=O)N(CCBr)CC(F)F)ccn1. The van der Waals surface area contributed by atoms with Crippen molar-refractivity contribution in [3.05, 3.63) is 29.6 Å². The summed E-state index contributed by atoms with van der Waals surface area (Å²) >= 11 is 3.14. The summed E-state index contributed by atoms with van der Waals surface area (Å²) in [4.78, 5) is 17.1. The van der Waals surface area contributed by atoms with Gasteiger partial charge in [-0.2, -0.15) is 0 Å². The highest BCUT2D eigenvalue weighted by Crippen LogP contribution is 2.08. The van der Waals surface area contributed by atoms with Gasteiger partial charge in [0.1, 0.15) is 0 Å². The van der Waals surface area contributed by atoms with Crippen molar-refractivity contribution in [1.29, 1.82) is 0 Å². The minimum atomic E-state index is -2.53. The molecule has 0 unspecified atom stereocenters. The van der Waals surface area contributed by atoms with E-state index in [-0.39, 0.29) is 6.54 Å². The molecule has 0 saturated heterocycles. The maximum absolute atomic E-state index is 12.3. The Balaban J connectivity index is 2.83. The number of pyridine rings is 1. The molecule has 1 rings (SSSR count). The summed E-state index contributed by atoms with van der Waals surface area (Å²) in [6.07, 6.45) is -1.03. The second-order valence-corrected chi connectivity index (χ2v) is 4.31. The molecule has 0 saturated carbocycles. The van der Waals surface area contributed by atoms with Crippen molar-refractivity contribution in [3.63, 3.8) is 0 Å². The molecule has 1 amide bonds. The maximum Gasteiger partial charge on any atom is 0.255 e. The molecule has 0 aliphatic carbocycles. The first-order chi connectivity index (χ1) is 8.04. The fourth-order valence-corrected chi connectivity index (χ4v) is 1.83. The van der Waals surface area contributed by atoms with Crippen LogP contribution >= 0.6 is 15.9 Å². The minimum Gasteiger partial charge on any atom is -0.332 e. The molecule has 0 fully saturated rings. The third-order valence-corrected chi connectivity index (χ3v) is 2.50. The Bertz CT molecular complexity index is 387. The Morgan fingerprint density at radius 1 is 1.59 bits per heavy atom. The fraction of sp³-hybridized carbons (Fsp3) is 0.455. The van der Waals surface area contributed by atoms with Crippen LogP contribution in [0.3, 0.4) is 0 Å². The van der Waals surface area contributed by atoms with Crippen molar-refractivity contribution < 1.29 is 13.6 Å². The number of hydrogen-bond donors (Lipinski definition) is 0. The molecule has 0 aliphatic rings. The van der Waals surface area contributed by atoms with Gasteiger partial charge in [-0.25, -0.2) is 8.78 Å². The van der Waals surface area contributed by atoms with E-state index in [2.05, 4.69) is 20.9 Å². The summed E-state index contributed by atoms with van der Waals surface area (Å²) in [5, 5.41) is 0.468. The highest BCUT2D eigenvalue weighted by atomic mass is 79.9. The normalized spacial score (nSPS) is 10.6. The largest absolute Gasteiger partial charge is 0.332 e. The van der Waals surface area contributed by atoms with Crippen molar-refractivity contribution in [1.82, 2.24) is 9.88 Å². The molecule has 1 aromatic rings. The van der Waals surface area contributed by atoms with E-state index >= 15 is 0 Å². The van der Waals surface area contributed by atoms with E-state index in [9.17, 15) is 13.6 Å². The zero-order valence-electron chi connectivity index (χ0n) is 9.37. The molecule has 1 heterocycles. The zero-order valence-corrected chi connectivity index (χ0v) is 11.0. The molecule has 0 radical (unpaired) electrons. The van der Waals surface area contributed by atoms with Crippen LogP contribution in [0.5, 0.6) is 0 Å².